The van der Waals surface area contributed by atoms with Crippen LogP contribution in [-0.4, -0.2) is 57.5 Å². The van der Waals surface area contributed by atoms with E-state index in [2.05, 4.69) is 5.32 Å². The zero-order valence-electron chi connectivity index (χ0n) is 26.7. The Morgan fingerprint density at radius 1 is 0.889 bits per heavy atom. The highest BCUT2D eigenvalue weighted by molar-refractivity contribution is 7.92. The maximum atomic E-state index is 14.3. The first-order valence-electron chi connectivity index (χ1n) is 15.7. The van der Waals surface area contributed by atoms with Gasteiger partial charge in [0.25, 0.3) is 10.0 Å². The molecular weight excluding hydrogens is 590 g/mol. The van der Waals surface area contributed by atoms with Crippen molar-refractivity contribution in [3.8, 4) is 11.5 Å². The number of carbonyl (C=O) groups is 2. The Morgan fingerprint density at radius 2 is 1.51 bits per heavy atom. The quantitative estimate of drug-likeness (QED) is 0.238. The maximum Gasteiger partial charge on any atom is 0.264 e. The number of nitrogens with one attached hydrogen (secondary N) is 1. The van der Waals surface area contributed by atoms with Gasteiger partial charge in [0.15, 0.2) is 0 Å². The Bertz CT molecular complexity index is 1500. The van der Waals surface area contributed by atoms with Crippen LogP contribution in [0.2, 0.25) is 0 Å². The number of nitrogens with zero attached hydrogens (tertiary/aromatic N) is 2. The van der Waals surface area contributed by atoms with Crippen molar-refractivity contribution in [3.63, 3.8) is 0 Å². The van der Waals surface area contributed by atoms with Crippen LogP contribution in [0.15, 0.2) is 77.7 Å². The molecule has 3 aromatic rings. The standard InChI is InChI=1S/C35H45N3O6S/c1-5-33(35(40)36-28-10-8-7-9-11-28)37(24-27-14-18-30(43-4)19-15-27)34(39)25-38(29-16-20-31(21-17-29)44-6-2)45(41,42)32-22-12-26(3)13-23-32/h12-23,28,33H,5-11,24-25H2,1-4H3,(H,36,40)/t33-/m0/s1. The average molecular weight is 636 g/mol. The minimum atomic E-state index is -4.15. The number of ether oxygens (including phenoxy) is 2. The number of carbonyl (C=O) groups excluding carboxylic acids is 2. The third-order valence-corrected chi connectivity index (χ3v) is 9.96. The van der Waals surface area contributed by atoms with E-state index in [0.717, 1.165) is 47.5 Å². The summed E-state index contributed by atoms with van der Waals surface area (Å²) < 4.78 is 40.2. The highest BCUT2D eigenvalue weighted by Crippen LogP contribution is 2.27. The smallest absolute Gasteiger partial charge is 0.264 e. The van der Waals surface area contributed by atoms with Gasteiger partial charge in [-0.1, -0.05) is 56.0 Å². The van der Waals surface area contributed by atoms with Crippen LogP contribution >= 0.6 is 0 Å². The molecule has 10 heteroatoms. The summed E-state index contributed by atoms with van der Waals surface area (Å²) in [6, 6.07) is 19.7. The van der Waals surface area contributed by atoms with Gasteiger partial charge in [-0.3, -0.25) is 13.9 Å². The highest BCUT2D eigenvalue weighted by atomic mass is 32.2. The first kappa shape index (κ1) is 33.8. The van der Waals surface area contributed by atoms with Crippen LogP contribution in [0.1, 0.15) is 63.5 Å². The average Bonchev–Trinajstić information content (AvgIpc) is 3.05. The van der Waals surface area contributed by atoms with Gasteiger partial charge in [0, 0.05) is 12.6 Å². The molecule has 0 bridgehead atoms. The molecule has 242 valence electrons. The summed E-state index contributed by atoms with van der Waals surface area (Å²) in [5.74, 6) is 0.553. The number of rotatable bonds is 14. The van der Waals surface area contributed by atoms with Gasteiger partial charge in [-0.15, -0.1) is 0 Å². The van der Waals surface area contributed by atoms with E-state index in [1.807, 2.05) is 32.9 Å². The van der Waals surface area contributed by atoms with E-state index < -0.39 is 28.5 Å². The molecule has 1 fully saturated rings. The summed E-state index contributed by atoms with van der Waals surface area (Å²) in [7, 11) is -2.57. The van der Waals surface area contributed by atoms with E-state index in [0.29, 0.717) is 30.2 Å². The Hall–Kier alpha value is -4.05. The van der Waals surface area contributed by atoms with Gasteiger partial charge >= 0.3 is 0 Å². The normalized spacial score (nSPS) is 14.3. The van der Waals surface area contributed by atoms with Gasteiger partial charge in [-0.25, -0.2) is 8.42 Å². The summed E-state index contributed by atoms with van der Waals surface area (Å²) in [5, 5.41) is 3.18. The molecule has 0 spiro atoms. The molecular formula is C35H45N3O6S. The van der Waals surface area contributed by atoms with Gasteiger partial charge < -0.3 is 19.7 Å². The molecule has 1 aliphatic rings. The summed E-state index contributed by atoms with van der Waals surface area (Å²) >= 11 is 0. The van der Waals surface area contributed by atoms with Crippen LogP contribution in [0.5, 0.6) is 11.5 Å². The maximum absolute atomic E-state index is 14.3. The van der Waals surface area contributed by atoms with Crippen molar-refractivity contribution >= 4 is 27.5 Å². The van der Waals surface area contributed by atoms with Crippen molar-refractivity contribution in [2.75, 3.05) is 24.6 Å². The number of sulfonamides is 1. The fourth-order valence-corrected chi connectivity index (χ4v) is 7.05. The second kappa shape index (κ2) is 15.8. The first-order valence-corrected chi connectivity index (χ1v) is 17.1. The molecule has 0 saturated heterocycles. The van der Waals surface area contributed by atoms with Crippen molar-refractivity contribution in [1.82, 2.24) is 10.2 Å². The van der Waals surface area contributed by atoms with E-state index in [9.17, 15) is 18.0 Å². The zero-order valence-corrected chi connectivity index (χ0v) is 27.5. The lowest BCUT2D eigenvalue weighted by atomic mass is 9.95. The number of benzene rings is 3. The van der Waals surface area contributed by atoms with Gasteiger partial charge in [0.2, 0.25) is 11.8 Å². The molecule has 0 heterocycles. The third-order valence-electron chi connectivity index (χ3n) is 8.17. The highest BCUT2D eigenvalue weighted by Gasteiger charge is 2.34. The van der Waals surface area contributed by atoms with Crippen LogP contribution in [0.4, 0.5) is 5.69 Å². The monoisotopic (exact) mass is 635 g/mol. The lowest BCUT2D eigenvalue weighted by Crippen LogP contribution is -2.54. The Morgan fingerprint density at radius 3 is 2.09 bits per heavy atom. The SMILES string of the molecule is CCOc1ccc(N(CC(=O)N(Cc2ccc(OC)cc2)[C@@H](CC)C(=O)NC2CCCCC2)S(=O)(=O)c2ccc(C)cc2)cc1. The molecule has 1 N–H and O–H groups in total. The second-order valence-corrected chi connectivity index (χ2v) is 13.3. The summed E-state index contributed by atoms with van der Waals surface area (Å²) in [4.78, 5) is 29.6. The van der Waals surface area contributed by atoms with Gasteiger partial charge in [0.05, 0.1) is 24.3 Å². The second-order valence-electron chi connectivity index (χ2n) is 11.4. The van der Waals surface area contributed by atoms with E-state index in [1.54, 1.807) is 55.6 Å². The Labute approximate surface area is 267 Å². The largest absolute Gasteiger partial charge is 0.497 e. The Balaban J connectivity index is 1.70. The molecule has 1 atom stereocenters. The fraction of sp³-hybridized carbons (Fsp3) is 0.429. The fourth-order valence-electron chi connectivity index (χ4n) is 5.63. The number of aryl methyl sites for hydroxylation is 1. The van der Waals surface area contributed by atoms with Gasteiger partial charge in [0.1, 0.15) is 24.1 Å². The van der Waals surface area contributed by atoms with Crippen LogP contribution < -0.4 is 19.1 Å². The van der Waals surface area contributed by atoms with Gasteiger partial charge in [-0.05, 0) is 87.2 Å². The van der Waals surface area contributed by atoms with Crippen LogP contribution in [0.25, 0.3) is 0 Å². The van der Waals surface area contributed by atoms with Crippen molar-refractivity contribution in [1.29, 1.82) is 0 Å². The molecule has 0 radical (unpaired) electrons. The van der Waals surface area contributed by atoms with E-state index in [-0.39, 0.29) is 23.4 Å². The third kappa shape index (κ3) is 8.78. The molecule has 1 saturated carbocycles. The number of methoxy groups -OCH3 is 1. The van der Waals surface area contributed by atoms with Crippen LogP contribution in [0.3, 0.4) is 0 Å². The molecule has 1 aliphatic carbocycles. The summed E-state index contributed by atoms with van der Waals surface area (Å²) in [5.41, 5.74) is 2.02. The number of anilines is 1. The summed E-state index contributed by atoms with van der Waals surface area (Å²) in [6.45, 7) is 5.71. The Kier molecular flexibility index (Phi) is 11.9. The van der Waals surface area contributed by atoms with E-state index in [1.165, 1.54) is 17.0 Å². The molecule has 0 aromatic heterocycles. The lowest BCUT2D eigenvalue weighted by Gasteiger charge is -2.34. The van der Waals surface area contributed by atoms with Gasteiger partial charge in [-0.2, -0.15) is 0 Å². The predicted octanol–water partition coefficient (Wildman–Crippen LogP) is 5.85. The predicted molar refractivity (Wildman–Crippen MR) is 176 cm³/mol. The van der Waals surface area contributed by atoms with Crippen molar-refractivity contribution < 1.29 is 27.5 Å². The van der Waals surface area contributed by atoms with Crippen molar-refractivity contribution in [3.05, 3.63) is 83.9 Å². The molecule has 3 aromatic carbocycles. The zero-order chi connectivity index (χ0) is 32.4. The minimum absolute atomic E-state index is 0.0681. The summed E-state index contributed by atoms with van der Waals surface area (Å²) in [6.07, 6.45) is 5.47. The van der Waals surface area contributed by atoms with Crippen LogP contribution in [0, 0.1) is 6.92 Å². The molecule has 2 amide bonds. The van der Waals surface area contributed by atoms with Crippen molar-refractivity contribution in [2.24, 2.45) is 0 Å². The van der Waals surface area contributed by atoms with Crippen LogP contribution in [-0.2, 0) is 26.2 Å². The number of hydrogen-bond acceptors (Lipinski definition) is 6. The van der Waals surface area contributed by atoms with Crippen molar-refractivity contribution in [2.45, 2.75) is 82.8 Å². The van der Waals surface area contributed by atoms with E-state index >= 15 is 0 Å². The molecule has 0 aliphatic heterocycles. The lowest BCUT2D eigenvalue weighted by molar-refractivity contribution is -0.140. The molecule has 4 rings (SSSR count). The number of hydrogen-bond donors (Lipinski definition) is 1. The molecule has 45 heavy (non-hydrogen) atoms. The topological polar surface area (TPSA) is 105 Å². The minimum Gasteiger partial charge on any atom is -0.497 e. The van der Waals surface area contributed by atoms with E-state index in [4.69, 9.17) is 9.47 Å². The molecule has 9 nitrogen and oxygen atoms in total. The molecule has 0 unspecified atom stereocenters. The number of amides is 2. The first-order chi connectivity index (χ1) is 21.7.